The molecule has 0 spiro atoms. The van der Waals surface area contributed by atoms with Gasteiger partial charge in [0.05, 0.1) is 0 Å². The molecule has 0 aliphatic heterocycles. The highest BCUT2D eigenvalue weighted by atomic mass is 35.5. The molecule has 0 saturated carbocycles. The summed E-state index contributed by atoms with van der Waals surface area (Å²) < 4.78 is 0. The summed E-state index contributed by atoms with van der Waals surface area (Å²) in [5.41, 5.74) is 2.56. The van der Waals surface area contributed by atoms with Crippen molar-refractivity contribution >= 4 is 17.4 Å². The van der Waals surface area contributed by atoms with Gasteiger partial charge in [0.2, 0.25) is 0 Å². The molecule has 0 unspecified atom stereocenters. The van der Waals surface area contributed by atoms with Crippen molar-refractivity contribution in [2.75, 3.05) is 0 Å². The van der Waals surface area contributed by atoms with Gasteiger partial charge in [-0.15, -0.1) is 0 Å². The Morgan fingerprint density at radius 1 is 1.06 bits per heavy atom. The Hall–Kier alpha value is -1.60. The summed E-state index contributed by atoms with van der Waals surface area (Å²) in [5.74, 6) is 0.0236. The molecule has 0 amide bonds. The molecular weight excluding hydrogens is 244 g/mol. The van der Waals surface area contributed by atoms with E-state index in [1.165, 1.54) is 5.56 Å². The quantitative estimate of drug-likeness (QED) is 0.737. The maximum Gasteiger partial charge on any atom is 0.193 e. The normalized spacial score (nSPS) is 10.3. The predicted molar refractivity (Wildman–Crippen MR) is 75.3 cm³/mol. The average Bonchev–Trinajstić information content (AvgIpc) is 2.39. The van der Waals surface area contributed by atoms with Gasteiger partial charge in [-0.1, -0.05) is 55.3 Å². The fraction of sp³-hybridized carbons (Fsp3) is 0.188. The van der Waals surface area contributed by atoms with E-state index in [1.807, 2.05) is 18.2 Å². The van der Waals surface area contributed by atoms with E-state index in [1.54, 1.807) is 24.3 Å². The van der Waals surface area contributed by atoms with Gasteiger partial charge in [0.15, 0.2) is 5.78 Å². The zero-order valence-electron chi connectivity index (χ0n) is 10.3. The zero-order valence-corrected chi connectivity index (χ0v) is 11.1. The van der Waals surface area contributed by atoms with Crippen LogP contribution in [0.3, 0.4) is 0 Å². The van der Waals surface area contributed by atoms with Crippen LogP contribution in [0.25, 0.3) is 0 Å². The molecule has 0 fully saturated rings. The molecule has 0 atom stereocenters. The molecule has 0 aromatic heterocycles. The SMILES string of the molecule is CCCc1cccc(C(=O)c2cccc(Cl)c2)c1. The maximum absolute atomic E-state index is 12.3. The molecule has 2 heteroatoms. The van der Waals surface area contributed by atoms with Crippen molar-refractivity contribution in [3.63, 3.8) is 0 Å². The minimum absolute atomic E-state index is 0.0236. The molecule has 0 heterocycles. The minimum Gasteiger partial charge on any atom is -0.289 e. The number of halogens is 1. The second kappa shape index (κ2) is 5.83. The van der Waals surface area contributed by atoms with Crippen molar-refractivity contribution in [2.45, 2.75) is 19.8 Å². The van der Waals surface area contributed by atoms with Crippen molar-refractivity contribution in [2.24, 2.45) is 0 Å². The van der Waals surface area contributed by atoms with E-state index in [9.17, 15) is 4.79 Å². The van der Waals surface area contributed by atoms with Crippen molar-refractivity contribution in [1.29, 1.82) is 0 Å². The molecule has 92 valence electrons. The monoisotopic (exact) mass is 258 g/mol. The molecule has 0 radical (unpaired) electrons. The lowest BCUT2D eigenvalue weighted by molar-refractivity contribution is 0.103. The molecule has 2 aromatic rings. The Morgan fingerprint density at radius 2 is 1.72 bits per heavy atom. The Bertz CT molecular complexity index is 561. The molecule has 2 rings (SSSR count). The first-order valence-corrected chi connectivity index (χ1v) is 6.47. The summed E-state index contributed by atoms with van der Waals surface area (Å²) in [6.07, 6.45) is 2.07. The van der Waals surface area contributed by atoms with E-state index < -0.39 is 0 Å². The number of carbonyl (C=O) groups is 1. The number of benzene rings is 2. The molecule has 0 saturated heterocycles. The van der Waals surface area contributed by atoms with E-state index >= 15 is 0 Å². The van der Waals surface area contributed by atoms with E-state index in [4.69, 9.17) is 11.6 Å². The summed E-state index contributed by atoms with van der Waals surface area (Å²) in [6, 6.07) is 14.9. The summed E-state index contributed by atoms with van der Waals surface area (Å²) >= 11 is 5.91. The van der Waals surface area contributed by atoms with Crippen molar-refractivity contribution < 1.29 is 4.79 Å². The Labute approximate surface area is 112 Å². The second-order valence-corrected chi connectivity index (χ2v) is 4.73. The third-order valence-corrected chi connectivity index (χ3v) is 3.05. The number of carbonyl (C=O) groups excluding carboxylic acids is 1. The van der Waals surface area contributed by atoms with Crippen LogP contribution >= 0.6 is 11.6 Å². The molecule has 1 nitrogen and oxygen atoms in total. The Kier molecular flexibility index (Phi) is 4.16. The van der Waals surface area contributed by atoms with Crippen LogP contribution in [0, 0.1) is 0 Å². The Balaban J connectivity index is 2.31. The minimum atomic E-state index is 0.0236. The van der Waals surface area contributed by atoms with Gasteiger partial charge < -0.3 is 0 Å². The van der Waals surface area contributed by atoms with Gasteiger partial charge in [0.25, 0.3) is 0 Å². The van der Waals surface area contributed by atoms with E-state index in [0.717, 1.165) is 18.4 Å². The lowest BCUT2D eigenvalue weighted by Gasteiger charge is -2.04. The summed E-state index contributed by atoms with van der Waals surface area (Å²) in [6.45, 7) is 2.13. The lowest BCUT2D eigenvalue weighted by Crippen LogP contribution is -2.01. The standard InChI is InChI=1S/C16H15ClO/c1-2-5-12-6-3-7-13(10-12)16(18)14-8-4-9-15(17)11-14/h3-4,6-11H,2,5H2,1H3. The summed E-state index contributed by atoms with van der Waals surface area (Å²) in [7, 11) is 0. The van der Waals surface area contributed by atoms with E-state index in [-0.39, 0.29) is 5.78 Å². The van der Waals surface area contributed by atoms with Gasteiger partial charge in [0.1, 0.15) is 0 Å². The van der Waals surface area contributed by atoms with Crippen LogP contribution in [-0.2, 0) is 6.42 Å². The molecule has 0 N–H and O–H groups in total. The first-order valence-electron chi connectivity index (χ1n) is 6.10. The summed E-state index contributed by atoms with van der Waals surface area (Å²) in [5, 5.41) is 0.588. The van der Waals surface area contributed by atoms with Crippen LogP contribution in [0.2, 0.25) is 5.02 Å². The highest BCUT2D eigenvalue weighted by molar-refractivity contribution is 6.31. The van der Waals surface area contributed by atoms with Crippen molar-refractivity contribution in [1.82, 2.24) is 0 Å². The fourth-order valence-corrected chi connectivity index (χ4v) is 2.14. The van der Waals surface area contributed by atoms with Crippen molar-refractivity contribution in [3.05, 3.63) is 70.2 Å². The van der Waals surface area contributed by atoms with Gasteiger partial charge >= 0.3 is 0 Å². The third-order valence-electron chi connectivity index (χ3n) is 2.81. The number of rotatable bonds is 4. The molecule has 0 aliphatic carbocycles. The lowest BCUT2D eigenvalue weighted by atomic mass is 10.00. The predicted octanol–water partition coefficient (Wildman–Crippen LogP) is 4.52. The fourth-order valence-electron chi connectivity index (χ4n) is 1.95. The van der Waals surface area contributed by atoms with Gasteiger partial charge in [-0.25, -0.2) is 0 Å². The largest absolute Gasteiger partial charge is 0.289 e. The van der Waals surface area contributed by atoms with Crippen LogP contribution in [0.5, 0.6) is 0 Å². The summed E-state index contributed by atoms with van der Waals surface area (Å²) in [4.78, 5) is 12.3. The molecule has 18 heavy (non-hydrogen) atoms. The number of hydrogen-bond acceptors (Lipinski definition) is 1. The number of aryl methyl sites for hydroxylation is 1. The van der Waals surface area contributed by atoms with Crippen LogP contribution in [0.1, 0.15) is 34.8 Å². The highest BCUT2D eigenvalue weighted by Gasteiger charge is 2.09. The third kappa shape index (κ3) is 2.99. The zero-order chi connectivity index (χ0) is 13.0. The van der Waals surface area contributed by atoms with E-state index in [2.05, 4.69) is 13.0 Å². The first-order chi connectivity index (χ1) is 8.70. The van der Waals surface area contributed by atoms with Gasteiger partial charge in [-0.3, -0.25) is 4.79 Å². The van der Waals surface area contributed by atoms with E-state index in [0.29, 0.717) is 10.6 Å². The van der Waals surface area contributed by atoms with Crippen LogP contribution in [0.4, 0.5) is 0 Å². The average molecular weight is 259 g/mol. The molecule has 2 aromatic carbocycles. The topological polar surface area (TPSA) is 17.1 Å². The van der Waals surface area contributed by atoms with Gasteiger partial charge in [0, 0.05) is 16.1 Å². The molecule has 0 bridgehead atoms. The van der Waals surface area contributed by atoms with Crippen molar-refractivity contribution in [3.8, 4) is 0 Å². The molecular formula is C16H15ClO. The van der Waals surface area contributed by atoms with Gasteiger partial charge in [-0.2, -0.15) is 0 Å². The number of hydrogen-bond donors (Lipinski definition) is 0. The van der Waals surface area contributed by atoms with Gasteiger partial charge in [-0.05, 0) is 30.2 Å². The maximum atomic E-state index is 12.3. The Morgan fingerprint density at radius 3 is 2.39 bits per heavy atom. The smallest absolute Gasteiger partial charge is 0.193 e. The highest BCUT2D eigenvalue weighted by Crippen LogP contribution is 2.16. The number of ketones is 1. The van der Waals surface area contributed by atoms with Crippen LogP contribution in [0.15, 0.2) is 48.5 Å². The molecule has 0 aliphatic rings. The van der Waals surface area contributed by atoms with Crippen LogP contribution < -0.4 is 0 Å². The first kappa shape index (κ1) is 12.8. The second-order valence-electron chi connectivity index (χ2n) is 4.29. The van der Waals surface area contributed by atoms with Crippen LogP contribution in [-0.4, -0.2) is 5.78 Å².